The predicted octanol–water partition coefficient (Wildman–Crippen LogP) is -1.31. The molecular formula is C10H18N2O5S. The molecule has 1 aliphatic heterocycles. The van der Waals surface area contributed by atoms with Gasteiger partial charge in [-0.05, 0) is 13.3 Å². The fourth-order valence-electron chi connectivity index (χ4n) is 2.13. The molecule has 1 amide bonds. The van der Waals surface area contributed by atoms with E-state index in [1.165, 1.54) is 11.9 Å². The molecule has 2 unspecified atom stereocenters. The number of carbonyl (C=O) groups excluding carboxylic acids is 1. The normalized spacial score (nSPS) is 23.8. The van der Waals surface area contributed by atoms with Gasteiger partial charge in [0, 0.05) is 13.1 Å². The van der Waals surface area contributed by atoms with Crippen LogP contribution in [-0.2, 0) is 19.4 Å². The fraction of sp³-hybridized carbons (Fsp3) is 0.800. The molecule has 7 nitrogen and oxygen atoms in total. The molecule has 0 aliphatic carbocycles. The Hall–Kier alpha value is -1.15. The number of nitrogens with one attached hydrogen (secondary N) is 1. The van der Waals surface area contributed by atoms with E-state index in [4.69, 9.17) is 5.11 Å². The molecule has 0 radical (unpaired) electrons. The summed E-state index contributed by atoms with van der Waals surface area (Å²) in [5, 5.41) is 11.3. The van der Waals surface area contributed by atoms with Crippen LogP contribution in [0.4, 0.5) is 0 Å². The van der Waals surface area contributed by atoms with E-state index in [2.05, 4.69) is 5.32 Å². The van der Waals surface area contributed by atoms with Crippen LogP contribution in [0.2, 0.25) is 0 Å². The van der Waals surface area contributed by atoms with E-state index in [0.29, 0.717) is 6.42 Å². The topological polar surface area (TPSA) is 104 Å². The lowest BCUT2D eigenvalue weighted by Crippen LogP contribution is -2.51. The van der Waals surface area contributed by atoms with Crippen molar-refractivity contribution in [1.29, 1.82) is 0 Å². The minimum absolute atomic E-state index is 0.0499. The number of rotatable bonds is 5. The third kappa shape index (κ3) is 3.67. The molecule has 18 heavy (non-hydrogen) atoms. The van der Waals surface area contributed by atoms with Gasteiger partial charge in [-0.25, -0.2) is 8.42 Å². The summed E-state index contributed by atoms with van der Waals surface area (Å²) < 4.78 is 22.8. The average Bonchev–Trinajstić information content (AvgIpc) is 2.64. The van der Waals surface area contributed by atoms with Crippen LogP contribution in [-0.4, -0.2) is 67.5 Å². The van der Waals surface area contributed by atoms with Gasteiger partial charge in [0.15, 0.2) is 9.84 Å². The van der Waals surface area contributed by atoms with Crippen LogP contribution in [0.3, 0.4) is 0 Å². The van der Waals surface area contributed by atoms with Gasteiger partial charge in [0.25, 0.3) is 0 Å². The molecule has 2 atom stereocenters. The minimum atomic E-state index is -3.11. The summed E-state index contributed by atoms with van der Waals surface area (Å²) in [6.07, 6.45) is 0.372. The number of carboxylic acid groups (broad SMARTS) is 1. The van der Waals surface area contributed by atoms with Gasteiger partial charge in [-0.1, -0.05) is 0 Å². The number of nitrogens with zero attached hydrogens (tertiary/aromatic N) is 1. The van der Waals surface area contributed by atoms with Gasteiger partial charge in [0.05, 0.1) is 24.1 Å². The Morgan fingerprint density at radius 1 is 1.50 bits per heavy atom. The molecule has 1 rings (SSSR count). The van der Waals surface area contributed by atoms with Gasteiger partial charge >= 0.3 is 5.97 Å². The van der Waals surface area contributed by atoms with Crippen molar-refractivity contribution in [3.05, 3.63) is 0 Å². The molecule has 0 aromatic carbocycles. The SMILES string of the molecule is CNC(=O)C(C)N(CC(=O)O)C1CCS(=O)(=O)C1. The van der Waals surface area contributed by atoms with E-state index in [-0.39, 0.29) is 24.0 Å². The number of hydrogen-bond acceptors (Lipinski definition) is 5. The molecule has 1 saturated heterocycles. The van der Waals surface area contributed by atoms with Crippen molar-refractivity contribution >= 4 is 21.7 Å². The summed E-state index contributed by atoms with van der Waals surface area (Å²) in [6.45, 7) is 1.24. The summed E-state index contributed by atoms with van der Waals surface area (Å²) in [5.41, 5.74) is 0. The van der Waals surface area contributed by atoms with E-state index in [9.17, 15) is 18.0 Å². The fourth-order valence-corrected chi connectivity index (χ4v) is 3.88. The first-order valence-corrected chi connectivity index (χ1v) is 7.48. The Bertz CT molecular complexity index is 434. The quantitative estimate of drug-likeness (QED) is 0.647. The van der Waals surface area contributed by atoms with E-state index in [1.807, 2.05) is 0 Å². The van der Waals surface area contributed by atoms with Gasteiger partial charge < -0.3 is 10.4 Å². The molecule has 0 bridgehead atoms. The zero-order valence-corrected chi connectivity index (χ0v) is 11.2. The molecule has 0 aromatic heterocycles. The van der Waals surface area contributed by atoms with Crippen molar-refractivity contribution in [2.75, 3.05) is 25.1 Å². The monoisotopic (exact) mass is 278 g/mol. The third-order valence-electron chi connectivity index (χ3n) is 3.12. The van der Waals surface area contributed by atoms with Crippen molar-refractivity contribution in [1.82, 2.24) is 10.2 Å². The van der Waals surface area contributed by atoms with Gasteiger partial charge in [-0.2, -0.15) is 0 Å². The first-order chi connectivity index (χ1) is 8.26. The second-order valence-corrected chi connectivity index (χ2v) is 6.64. The highest BCUT2D eigenvalue weighted by Gasteiger charge is 2.36. The maximum atomic E-state index is 11.6. The molecule has 1 aliphatic rings. The zero-order chi connectivity index (χ0) is 13.9. The van der Waals surface area contributed by atoms with Crippen molar-refractivity contribution in [3.8, 4) is 0 Å². The molecule has 1 heterocycles. The van der Waals surface area contributed by atoms with Crippen LogP contribution >= 0.6 is 0 Å². The molecule has 0 spiro atoms. The van der Waals surface area contributed by atoms with Gasteiger partial charge in [-0.15, -0.1) is 0 Å². The van der Waals surface area contributed by atoms with Crippen LogP contribution < -0.4 is 5.32 Å². The lowest BCUT2D eigenvalue weighted by molar-refractivity contribution is -0.140. The Kier molecular flexibility index (Phi) is 4.69. The van der Waals surface area contributed by atoms with Crippen molar-refractivity contribution in [2.45, 2.75) is 25.4 Å². The maximum absolute atomic E-state index is 11.6. The van der Waals surface area contributed by atoms with Crippen LogP contribution in [0.15, 0.2) is 0 Å². The van der Waals surface area contributed by atoms with Crippen LogP contribution in [0.5, 0.6) is 0 Å². The van der Waals surface area contributed by atoms with Crippen molar-refractivity contribution < 1.29 is 23.1 Å². The summed E-state index contributed by atoms with van der Waals surface area (Å²) >= 11 is 0. The van der Waals surface area contributed by atoms with E-state index in [1.54, 1.807) is 6.92 Å². The van der Waals surface area contributed by atoms with Gasteiger partial charge in [0.1, 0.15) is 0 Å². The smallest absolute Gasteiger partial charge is 0.317 e. The highest BCUT2D eigenvalue weighted by atomic mass is 32.2. The van der Waals surface area contributed by atoms with Crippen molar-refractivity contribution in [3.63, 3.8) is 0 Å². The standard InChI is InChI=1S/C10H18N2O5S/c1-7(10(15)11-2)12(5-9(13)14)8-3-4-18(16,17)6-8/h7-8H,3-6H2,1-2H3,(H,11,15)(H,13,14). The number of sulfone groups is 1. The largest absolute Gasteiger partial charge is 0.480 e. The lowest BCUT2D eigenvalue weighted by atomic mass is 10.1. The molecule has 8 heteroatoms. The van der Waals surface area contributed by atoms with E-state index >= 15 is 0 Å². The van der Waals surface area contributed by atoms with Gasteiger partial charge in [-0.3, -0.25) is 14.5 Å². The van der Waals surface area contributed by atoms with E-state index in [0.717, 1.165) is 0 Å². The summed E-state index contributed by atoms with van der Waals surface area (Å²) in [7, 11) is -1.65. The molecule has 2 N–H and O–H groups in total. The van der Waals surface area contributed by atoms with Crippen LogP contribution in [0.1, 0.15) is 13.3 Å². The first-order valence-electron chi connectivity index (χ1n) is 5.66. The maximum Gasteiger partial charge on any atom is 0.317 e. The number of carbonyl (C=O) groups is 2. The highest BCUT2D eigenvalue weighted by Crippen LogP contribution is 2.19. The summed E-state index contributed by atoms with van der Waals surface area (Å²) in [6, 6.07) is -1.07. The molecule has 1 fully saturated rings. The molecule has 104 valence electrons. The molecule has 0 aromatic rings. The number of aliphatic carboxylic acids is 1. The Labute approximate surface area is 106 Å². The molecular weight excluding hydrogens is 260 g/mol. The average molecular weight is 278 g/mol. The number of hydrogen-bond donors (Lipinski definition) is 2. The van der Waals surface area contributed by atoms with Gasteiger partial charge in [0.2, 0.25) is 5.91 Å². The number of likely N-dealkylation sites (N-methyl/N-ethyl adjacent to an activating group) is 1. The minimum Gasteiger partial charge on any atom is -0.480 e. The third-order valence-corrected chi connectivity index (χ3v) is 4.87. The summed E-state index contributed by atoms with van der Waals surface area (Å²) in [5.74, 6) is -1.42. The highest BCUT2D eigenvalue weighted by molar-refractivity contribution is 7.91. The Morgan fingerprint density at radius 2 is 2.11 bits per heavy atom. The predicted molar refractivity (Wildman–Crippen MR) is 64.9 cm³/mol. The van der Waals surface area contributed by atoms with E-state index < -0.39 is 27.9 Å². The Balaban J connectivity index is 2.85. The van der Waals surface area contributed by atoms with Crippen LogP contribution in [0.25, 0.3) is 0 Å². The van der Waals surface area contributed by atoms with Crippen molar-refractivity contribution in [2.24, 2.45) is 0 Å². The number of carboxylic acids is 1. The first kappa shape index (κ1) is 14.9. The van der Waals surface area contributed by atoms with Crippen LogP contribution in [0, 0.1) is 0 Å². The zero-order valence-electron chi connectivity index (χ0n) is 10.4. The lowest BCUT2D eigenvalue weighted by Gasteiger charge is -2.31. The second kappa shape index (κ2) is 5.66. The molecule has 0 saturated carbocycles. The second-order valence-electron chi connectivity index (χ2n) is 4.41. The summed E-state index contributed by atoms with van der Waals surface area (Å²) in [4.78, 5) is 23.8. The Morgan fingerprint density at radius 3 is 2.50 bits per heavy atom. The number of amides is 1.